The Morgan fingerprint density at radius 3 is 2.12 bits per heavy atom. The number of rotatable bonds is 11. The smallest absolute Gasteiger partial charge is 0.272 e. The molecule has 40 heavy (non-hydrogen) atoms. The number of nitrogens with zero attached hydrogens (tertiary/aromatic N) is 2. The van der Waals surface area contributed by atoms with Crippen molar-refractivity contribution in [3.63, 3.8) is 0 Å². The van der Waals surface area contributed by atoms with Gasteiger partial charge >= 0.3 is 0 Å². The van der Waals surface area contributed by atoms with E-state index in [9.17, 15) is 14.4 Å². The van der Waals surface area contributed by atoms with E-state index in [0.29, 0.717) is 58.6 Å². The molecule has 0 aliphatic carbocycles. The second-order valence-corrected chi connectivity index (χ2v) is 8.90. The molecule has 0 aliphatic heterocycles. The van der Waals surface area contributed by atoms with E-state index in [-0.39, 0.29) is 42.7 Å². The molecule has 4 aromatic rings. The second kappa shape index (κ2) is 12.3. The predicted octanol–water partition coefficient (Wildman–Crippen LogP) is 0.298. The van der Waals surface area contributed by atoms with Gasteiger partial charge in [0.25, 0.3) is 17.7 Å². The summed E-state index contributed by atoms with van der Waals surface area (Å²) in [7, 11) is 0. The molecule has 2 aromatic carbocycles. The van der Waals surface area contributed by atoms with Crippen LogP contribution in [0.15, 0.2) is 58.5 Å². The summed E-state index contributed by atoms with van der Waals surface area (Å²) in [5.41, 5.74) is 24.2. The maximum atomic E-state index is 12.9. The Morgan fingerprint density at radius 1 is 0.675 bits per heavy atom. The van der Waals surface area contributed by atoms with E-state index in [1.54, 1.807) is 48.5 Å². The molecule has 14 heteroatoms. The van der Waals surface area contributed by atoms with Crippen molar-refractivity contribution < 1.29 is 14.4 Å². The number of aromatic nitrogens is 2. The summed E-state index contributed by atoms with van der Waals surface area (Å²) in [5.74, 6) is -0.920. The van der Waals surface area contributed by atoms with E-state index in [1.807, 2.05) is 0 Å². The molecule has 0 saturated heterocycles. The van der Waals surface area contributed by atoms with E-state index in [1.165, 1.54) is 0 Å². The maximum Gasteiger partial charge on any atom is 0.272 e. The third-order valence-electron chi connectivity index (χ3n) is 5.86. The van der Waals surface area contributed by atoms with Crippen molar-refractivity contribution >= 4 is 57.1 Å². The number of benzene rings is 2. The van der Waals surface area contributed by atoms with E-state index < -0.39 is 0 Å². The molecule has 0 radical (unpaired) electrons. The van der Waals surface area contributed by atoms with Gasteiger partial charge in [-0.3, -0.25) is 24.4 Å². The van der Waals surface area contributed by atoms with E-state index >= 15 is 0 Å². The van der Waals surface area contributed by atoms with Gasteiger partial charge in [-0.15, -0.1) is 0 Å². The minimum Gasteiger partial charge on any atom is -0.370 e. The summed E-state index contributed by atoms with van der Waals surface area (Å²) in [6.45, 7) is 1.40. The Bertz CT molecular complexity index is 1610. The number of carbonyl (C=O) groups excluding carboxylic acids is 3. The Balaban J connectivity index is 1.38. The van der Waals surface area contributed by atoms with E-state index in [0.717, 1.165) is 5.39 Å². The number of aromatic amines is 2. The Labute approximate surface area is 228 Å². The number of anilines is 1. The average molecular weight is 546 g/mol. The van der Waals surface area contributed by atoms with Gasteiger partial charge in [-0.2, -0.15) is 0 Å². The summed E-state index contributed by atoms with van der Waals surface area (Å²) >= 11 is 0. The van der Waals surface area contributed by atoms with Crippen molar-refractivity contribution in [2.24, 2.45) is 32.9 Å². The molecule has 0 aliphatic rings. The molecular weight excluding hydrogens is 514 g/mol. The van der Waals surface area contributed by atoms with Crippen LogP contribution >= 0.6 is 0 Å². The van der Waals surface area contributed by atoms with E-state index in [2.05, 4.69) is 35.9 Å². The molecule has 208 valence electrons. The lowest BCUT2D eigenvalue weighted by atomic mass is 10.1. The molecule has 3 amide bonds. The van der Waals surface area contributed by atoms with Crippen LogP contribution < -0.4 is 38.9 Å². The summed E-state index contributed by atoms with van der Waals surface area (Å²) < 4.78 is 0. The average Bonchev–Trinajstić information content (AvgIpc) is 3.54. The van der Waals surface area contributed by atoms with Gasteiger partial charge in [-0.25, -0.2) is 0 Å². The number of nitrogens with two attached hydrogens (primary N) is 4. The first-order valence-corrected chi connectivity index (χ1v) is 12.4. The number of H-pyrrole nitrogens is 2. The van der Waals surface area contributed by atoms with Crippen molar-refractivity contribution in [2.45, 2.75) is 6.42 Å². The van der Waals surface area contributed by atoms with Crippen LogP contribution in [0, 0.1) is 0 Å². The number of carbonyl (C=O) groups is 3. The van der Waals surface area contributed by atoms with Gasteiger partial charge in [0.15, 0.2) is 11.9 Å². The molecule has 0 atom stereocenters. The highest BCUT2D eigenvalue weighted by molar-refractivity contribution is 6.08. The van der Waals surface area contributed by atoms with Gasteiger partial charge in [0.2, 0.25) is 0 Å². The molecule has 2 heterocycles. The maximum absolute atomic E-state index is 12.9. The van der Waals surface area contributed by atoms with Crippen molar-refractivity contribution in [2.75, 3.05) is 31.5 Å². The zero-order valence-electron chi connectivity index (χ0n) is 21.6. The van der Waals surface area contributed by atoms with Crippen LogP contribution in [0.5, 0.6) is 0 Å². The van der Waals surface area contributed by atoms with Crippen molar-refractivity contribution in [3.8, 4) is 0 Å². The standard InChI is InChI=1S/C26H31N11O3/c27-25(28)33-7-1-6-31-23(39)20-11-14-2-4-17(13-19(14)37-20)35-24(40)21-12-16-10-15(3-5-18(16)36-21)22(38)32-8-9-34-26(29)30/h2-5,10-13,36-37H,1,6-9H2,(H,31,39)(H,32,38)(H,35,40)(H4,27,28,33)(H4,29,30,34). The van der Waals surface area contributed by atoms with Crippen LogP contribution in [0.4, 0.5) is 5.69 Å². The number of hydrogen-bond acceptors (Lipinski definition) is 5. The van der Waals surface area contributed by atoms with Crippen molar-refractivity contribution in [1.29, 1.82) is 0 Å². The first-order chi connectivity index (χ1) is 19.2. The first kappa shape index (κ1) is 27.5. The molecular formula is C26H31N11O3. The SMILES string of the molecule is NC(N)=NCCCNC(=O)c1cc2ccc(NC(=O)c3cc4cc(C(=O)NCCN=C(N)N)ccc4[nH]3)cc2[nH]1. The molecule has 4 rings (SSSR count). The summed E-state index contributed by atoms with van der Waals surface area (Å²) in [5, 5.41) is 9.92. The number of hydrogen-bond donors (Lipinski definition) is 9. The van der Waals surface area contributed by atoms with Crippen molar-refractivity contribution in [3.05, 3.63) is 65.5 Å². The number of fused-ring (bicyclic) bond motifs is 2. The van der Waals surface area contributed by atoms with Gasteiger partial charge in [0.05, 0.1) is 6.54 Å². The Hall–Kier alpha value is -5.53. The molecule has 0 spiro atoms. The highest BCUT2D eigenvalue weighted by Crippen LogP contribution is 2.22. The molecule has 13 N–H and O–H groups in total. The zero-order chi connectivity index (χ0) is 28.6. The topological polar surface area (TPSA) is 248 Å². The van der Waals surface area contributed by atoms with Crippen LogP contribution in [0.1, 0.15) is 37.8 Å². The minimum atomic E-state index is -0.357. The minimum absolute atomic E-state index is 0.0148. The number of aliphatic imine (C=N–C) groups is 2. The number of guanidine groups is 2. The van der Waals surface area contributed by atoms with Crippen molar-refractivity contribution in [1.82, 2.24) is 20.6 Å². The fourth-order valence-electron chi connectivity index (χ4n) is 3.96. The van der Waals surface area contributed by atoms with Gasteiger partial charge in [-0.1, -0.05) is 6.07 Å². The fourth-order valence-corrected chi connectivity index (χ4v) is 3.96. The monoisotopic (exact) mass is 545 g/mol. The predicted molar refractivity (Wildman–Crippen MR) is 155 cm³/mol. The molecule has 2 aromatic heterocycles. The van der Waals surface area contributed by atoms with Crippen LogP contribution in [-0.4, -0.2) is 65.8 Å². The third-order valence-corrected chi connectivity index (χ3v) is 5.86. The summed E-state index contributed by atoms with van der Waals surface area (Å²) in [6, 6.07) is 13.8. The molecule has 0 saturated carbocycles. The van der Waals surface area contributed by atoms with E-state index in [4.69, 9.17) is 22.9 Å². The van der Waals surface area contributed by atoms with Crippen LogP contribution in [-0.2, 0) is 0 Å². The second-order valence-electron chi connectivity index (χ2n) is 8.90. The van der Waals surface area contributed by atoms with Gasteiger partial charge in [0.1, 0.15) is 11.4 Å². The van der Waals surface area contributed by atoms with Crippen LogP contribution in [0.2, 0.25) is 0 Å². The van der Waals surface area contributed by atoms with Gasteiger partial charge in [0, 0.05) is 52.7 Å². The molecule has 0 bridgehead atoms. The normalized spacial score (nSPS) is 10.7. The Kier molecular flexibility index (Phi) is 8.49. The first-order valence-electron chi connectivity index (χ1n) is 12.4. The lowest BCUT2D eigenvalue weighted by Crippen LogP contribution is -2.28. The highest BCUT2D eigenvalue weighted by Gasteiger charge is 2.14. The third kappa shape index (κ3) is 7.06. The summed E-state index contributed by atoms with van der Waals surface area (Å²) in [4.78, 5) is 51.7. The zero-order valence-corrected chi connectivity index (χ0v) is 21.6. The number of amides is 3. The Morgan fingerprint density at radius 2 is 1.35 bits per heavy atom. The highest BCUT2D eigenvalue weighted by atomic mass is 16.2. The largest absolute Gasteiger partial charge is 0.370 e. The molecule has 14 nitrogen and oxygen atoms in total. The number of nitrogens with one attached hydrogen (secondary N) is 5. The van der Waals surface area contributed by atoms with Gasteiger partial charge < -0.3 is 48.9 Å². The summed E-state index contributed by atoms with van der Waals surface area (Å²) in [6.07, 6.45) is 0.600. The molecule has 0 fully saturated rings. The lowest BCUT2D eigenvalue weighted by Gasteiger charge is -2.04. The fraction of sp³-hybridized carbons (Fsp3) is 0.192. The quantitative estimate of drug-likeness (QED) is 0.0723. The molecule has 0 unspecified atom stereocenters. The van der Waals surface area contributed by atoms with Gasteiger partial charge in [-0.05, 0) is 48.9 Å². The van der Waals surface area contributed by atoms with Crippen LogP contribution in [0.3, 0.4) is 0 Å². The van der Waals surface area contributed by atoms with Crippen LogP contribution in [0.25, 0.3) is 21.8 Å². The lowest BCUT2D eigenvalue weighted by molar-refractivity contribution is 0.0943.